The van der Waals surface area contributed by atoms with Gasteiger partial charge in [-0.2, -0.15) is 5.10 Å². The summed E-state index contributed by atoms with van der Waals surface area (Å²) < 4.78 is 6.35. The summed E-state index contributed by atoms with van der Waals surface area (Å²) in [5, 5.41) is 8.70. The van der Waals surface area contributed by atoms with Crippen molar-refractivity contribution < 1.29 is 4.79 Å². The fourth-order valence-electron chi connectivity index (χ4n) is 5.09. The maximum atomic E-state index is 13.6. The van der Waals surface area contributed by atoms with Gasteiger partial charge in [-0.15, -0.1) is 0 Å². The van der Waals surface area contributed by atoms with Gasteiger partial charge in [0.05, 0.1) is 41.1 Å². The van der Waals surface area contributed by atoms with Crippen molar-refractivity contribution in [1.29, 1.82) is 0 Å². The number of hydrogen-bond donors (Lipinski definition) is 2. The van der Waals surface area contributed by atoms with Gasteiger partial charge in [0.25, 0.3) is 11.5 Å². The molecule has 1 aliphatic heterocycles. The van der Waals surface area contributed by atoms with Crippen LogP contribution in [0.4, 0.5) is 11.6 Å². The molecule has 204 valence electrons. The zero-order valence-electron chi connectivity index (χ0n) is 22.7. The third-order valence-electron chi connectivity index (χ3n) is 6.90. The third-order valence-corrected chi connectivity index (χ3v) is 7.50. The summed E-state index contributed by atoms with van der Waals surface area (Å²) in [6.45, 7) is 9.40. The molecule has 3 aromatic heterocycles. The first-order chi connectivity index (χ1) is 18.6. The van der Waals surface area contributed by atoms with Crippen molar-refractivity contribution >= 4 is 52.0 Å². The first-order valence-corrected chi connectivity index (χ1v) is 14.3. The highest BCUT2D eigenvalue weighted by Crippen LogP contribution is 2.32. The first kappa shape index (κ1) is 27.0. The zero-order chi connectivity index (χ0) is 28.0. The standard InChI is InChI=1S/C27H31ClN8O2S/c1-14(2)36-21-13-35(12-17(21)11-29-36)27-32-23-18(9-15(3)10-19(23)26(38)34(27)5)16(4)30-20-7-8-22(28)31-24(20)25(37)33-39-6/h7-11,14,16,30H,12-13H2,1-6H3,(H,33,37). The topological polar surface area (TPSA) is 110 Å². The Hall–Kier alpha value is -3.57. The largest absolute Gasteiger partial charge is 0.377 e. The predicted molar refractivity (Wildman–Crippen MR) is 156 cm³/mol. The number of carbonyl (C=O) groups is 1. The van der Waals surface area contributed by atoms with Gasteiger partial charge in [0.15, 0.2) is 5.69 Å². The van der Waals surface area contributed by atoms with Crippen LogP contribution in [0.2, 0.25) is 5.15 Å². The second-order valence-corrected chi connectivity index (χ2v) is 11.1. The van der Waals surface area contributed by atoms with E-state index in [2.05, 4.69) is 38.9 Å². The van der Waals surface area contributed by atoms with Gasteiger partial charge in [0.2, 0.25) is 5.95 Å². The molecule has 0 aliphatic carbocycles. The smallest absolute Gasteiger partial charge is 0.281 e. The van der Waals surface area contributed by atoms with Gasteiger partial charge in [0.1, 0.15) is 5.15 Å². The van der Waals surface area contributed by atoms with E-state index in [-0.39, 0.29) is 34.4 Å². The molecule has 0 spiro atoms. The molecule has 4 aromatic rings. The van der Waals surface area contributed by atoms with Crippen molar-refractivity contribution in [1.82, 2.24) is 29.0 Å². The number of anilines is 2. The lowest BCUT2D eigenvalue weighted by Crippen LogP contribution is -2.29. The summed E-state index contributed by atoms with van der Waals surface area (Å²) in [5.74, 6) is 0.251. The highest BCUT2D eigenvalue weighted by Gasteiger charge is 2.28. The minimum Gasteiger partial charge on any atom is -0.377 e. The quantitative estimate of drug-likeness (QED) is 0.243. The van der Waals surface area contributed by atoms with E-state index < -0.39 is 0 Å². The van der Waals surface area contributed by atoms with Crippen LogP contribution in [-0.2, 0) is 20.1 Å². The van der Waals surface area contributed by atoms with Crippen LogP contribution in [0.3, 0.4) is 0 Å². The van der Waals surface area contributed by atoms with Crippen molar-refractivity contribution in [2.24, 2.45) is 7.05 Å². The van der Waals surface area contributed by atoms with E-state index in [1.807, 2.05) is 36.9 Å². The van der Waals surface area contributed by atoms with Gasteiger partial charge in [-0.3, -0.25) is 23.6 Å². The molecule has 4 heterocycles. The number of rotatable bonds is 7. The maximum absolute atomic E-state index is 13.6. The molecule has 1 atom stereocenters. The van der Waals surface area contributed by atoms with Gasteiger partial charge in [-0.1, -0.05) is 29.6 Å². The molecular formula is C27H31ClN8O2S. The molecule has 0 bridgehead atoms. The molecule has 12 heteroatoms. The molecule has 2 N–H and O–H groups in total. The van der Waals surface area contributed by atoms with Gasteiger partial charge >= 0.3 is 0 Å². The van der Waals surface area contributed by atoms with Crippen LogP contribution in [0.15, 0.2) is 35.3 Å². The minimum atomic E-state index is -0.350. The van der Waals surface area contributed by atoms with Crippen LogP contribution in [0.5, 0.6) is 0 Å². The van der Waals surface area contributed by atoms with Crippen LogP contribution in [0.25, 0.3) is 10.9 Å². The Morgan fingerprint density at radius 1 is 1.15 bits per heavy atom. The van der Waals surface area contributed by atoms with E-state index in [1.54, 1.807) is 30.0 Å². The number of benzene rings is 1. The van der Waals surface area contributed by atoms with Gasteiger partial charge in [-0.25, -0.2) is 9.97 Å². The molecule has 39 heavy (non-hydrogen) atoms. The van der Waals surface area contributed by atoms with Crippen LogP contribution >= 0.6 is 23.5 Å². The molecule has 0 saturated heterocycles. The maximum Gasteiger partial charge on any atom is 0.281 e. The molecule has 10 nitrogen and oxygen atoms in total. The third kappa shape index (κ3) is 4.96. The number of nitrogens with zero attached hydrogens (tertiary/aromatic N) is 6. The Balaban J connectivity index is 1.56. The van der Waals surface area contributed by atoms with Crippen molar-refractivity contribution in [3.63, 3.8) is 0 Å². The Labute approximate surface area is 235 Å². The number of fused-ring (bicyclic) bond motifs is 2. The van der Waals surface area contributed by atoms with E-state index in [4.69, 9.17) is 16.6 Å². The monoisotopic (exact) mass is 566 g/mol. The highest BCUT2D eigenvalue weighted by atomic mass is 35.5. The number of pyridine rings is 1. The number of hydrogen-bond acceptors (Lipinski definition) is 8. The fourth-order valence-corrected chi connectivity index (χ4v) is 5.52. The Morgan fingerprint density at radius 3 is 2.64 bits per heavy atom. The molecule has 1 amide bonds. The normalized spacial score (nSPS) is 13.7. The number of aromatic nitrogens is 5. The average Bonchev–Trinajstić information content (AvgIpc) is 3.48. The van der Waals surface area contributed by atoms with Crippen molar-refractivity contribution in [2.45, 2.75) is 52.9 Å². The van der Waals surface area contributed by atoms with Gasteiger partial charge < -0.3 is 10.2 Å². The SMILES string of the molecule is CSNC(=O)c1nc(Cl)ccc1NC(C)c1cc(C)cc2c(=O)n(C)c(N3Cc4cnn(C(C)C)c4C3)nc12. The Bertz CT molecular complexity index is 1650. The molecule has 0 saturated carbocycles. The van der Waals surface area contributed by atoms with Crippen molar-refractivity contribution in [3.05, 3.63) is 74.0 Å². The Morgan fingerprint density at radius 2 is 1.92 bits per heavy atom. The van der Waals surface area contributed by atoms with E-state index in [9.17, 15) is 9.59 Å². The number of nitrogens with one attached hydrogen (secondary N) is 2. The number of aryl methyl sites for hydroxylation is 1. The second-order valence-electron chi connectivity index (χ2n) is 10.1. The summed E-state index contributed by atoms with van der Waals surface area (Å²) in [5.41, 5.74) is 5.31. The van der Waals surface area contributed by atoms with Gasteiger partial charge in [-0.05, 0) is 51.5 Å². The van der Waals surface area contributed by atoms with Crippen LogP contribution < -0.4 is 20.5 Å². The van der Waals surface area contributed by atoms with Gasteiger partial charge in [0, 0.05) is 37.0 Å². The first-order valence-electron chi connectivity index (χ1n) is 12.7. The van der Waals surface area contributed by atoms with E-state index in [1.165, 1.54) is 11.9 Å². The summed E-state index contributed by atoms with van der Waals surface area (Å²) in [4.78, 5) is 37.7. The van der Waals surface area contributed by atoms with Crippen molar-refractivity contribution in [3.8, 4) is 0 Å². The molecule has 1 unspecified atom stereocenters. The van der Waals surface area contributed by atoms with Crippen LogP contribution in [0, 0.1) is 6.92 Å². The molecule has 5 rings (SSSR count). The molecule has 0 radical (unpaired) electrons. The van der Waals surface area contributed by atoms with E-state index >= 15 is 0 Å². The van der Waals surface area contributed by atoms with Crippen LogP contribution in [0.1, 0.15) is 65.7 Å². The lowest BCUT2D eigenvalue weighted by atomic mass is 10.0. The molecule has 1 aromatic carbocycles. The molecule has 0 fully saturated rings. The number of amides is 1. The summed E-state index contributed by atoms with van der Waals surface area (Å²) in [6, 6.07) is 7.22. The predicted octanol–water partition coefficient (Wildman–Crippen LogP) is 4.77. The minimum absolute atomic E-state index is 0.109. The Kier molecular flexibility index (Phi) is 7.30. The zero-order valence-corrected chi connectivity index (χ0v) is 24.3. The highest BCUT2D eigenvalue weighted by molar-refractivity contribution is 7.97. The van der Waals surface area contributed by atoms with E-state index in [0.717, 1.165) is 22.4 Å². The summed E-state index contributed by atoms with van der Waals surface area (Å²) in [6.07, 6.45) is 3.67. The number of halogens is 1. The van der Waals surface area contributed by atoms with Crippen LogP contribution in [-0.4, -0.2) is 36.5 Å². The lowest BCUT2D eigenvalue weighted by molar-refractivity contribution is 0.0980. The van der Waals surface area contributed by atoms with E-state index in [0.29, 0.717) is 35.6 Å². The molecule has 1 aliphatic rings. The van der Waals surface area contributed by atoms with Crippen molar-refractivity contribution in [2.75, 3.05) is 16.5 Å². The fraction of sp³-hybridized carbons (Fsp3) is 0.370. The summed E-state index contributed by atoms with van der Waals surface area (Å²) in [7, 11) is 1.77. The number of carbonyl (C=O) groups excluding carboxylic acids is 1. The average molecular weight is 567 g/mol. The lowest BCUT2D eigenvalue weighted by Gasteiger charge is -2.23. The second kappa shape index (κ2) is 10.5. The summed E-state index contributed by atoms with van der Waals surface area (Å²) >= 11 is 7.28. The molecular weight excluding hydrogens is 536 g/mol.